The summed E-state index contributed by atoms with van der Waals surface area (Å²) in [5.41, 5.74) is 5.01. The Hall–Kier alpha value is -3.33. The number of carbonyl (C=O) groups is 1. The molecule has 1 aliphatic rings. The van der Waals surface area contributed by atoms with Crippen LogP contribution in [0.1, 0.15) is 48.1 Å². The molecule has 0 bridgehead atoms. The lowest BCUT2D eigenvalue weighted by Gasteiger charge is -2.28. The molecule has 0 spiro atoms. The first kappa shape index (κ1) is 20.0. The SMILES string of the molecule is CC(C)c1ccc([C@H]2C(c3ccccc3)=C(O)C(=O)N2CCc2ccccc2)cc1. The Kier molecular flexibility index (Phi) is 5.71. The van der Waals surface area contributed by atoms with Gasteiger partial charge in [-0.2, -0.15) is 0 Å². The van der Waals surface area contributed by atoms with E-state index in [-0.39, 0.29) is 17.7 Å². The van der Waals surface area contributed by atoms with E-state index < -0.39 is 0 Å². The molecule has 30 heavy (non-hydrogen) atoms. The zero-order valence-corrected chi connectivity index (χ0v) is 17.5. The minimum Gasteiger partial charge on any atom is -0.503 e. The maximum atomic E-state index is 13.1. The van der Waals surface area contributed by atoms with E-state index in [0.717, 1.165) is 17.5 Å². The molecule has 0 saturated heterocycles. The van der Waals surface area contributed by atoms with Crippen LogP contribution in [0.5, 0.6) is 0 Å². The summed E-state index contributed by atoms with van der Waals surface area (Å²) >= 11 is 0. The van der Waals surface area contributed by atoms with E-state index in [2.05, 4.69) is 50.2 Å². The van der Waals surface area contributed by atoms with E-state index in [1.165, 1.54) is 11.1 Å². The zero-order valence-electron chi connectivity index (χ0n) is 17.5. The Balaban J connectivity index is 1.72. The number of aliphatic hydroxyl groups is 1. The van der Waals surface area contributed by atoms with Gasteiger partial charge < -0.3 is 10.0 Å². The number of rotatable bonds is 6. The van der Waals surface area contributed by atoms with Gasteiger partial charge in [-0.05, 0) is 34.6 Å². The summed E-state index contributed by atoms with van der Waals surface area (Å²) in [5.74, 6) is -0.00843. The lowest BCUT2D eigenvalue weighted by atomic mass is 9.91. The van der Waals surface area contributed by atoms with Crippen molar-refractivity contribution in [1.82, 2.24) is 4.90 Å². The van der Waals surface area contributed by atoms with Gasteiger partial charge in [-0.15, -0.1) is 0 Å². The standard InChI is InChI=1S/C27H27NO2/c1-19(2)21-13-15-23(16-14-21)25-24(22-11-7-4-8-12-22)26(29)27(30)28(25)18-17-20-9-5-3-6-10-20/h3-16,19,25,29H,17-18H2,1-2H3/t25-/m0/s1. The van der Waals surface area contributed by atoms with Crippen molar-refractivity contribution in [3.8, 4) is 0 Å². The molecule has 1 amide bonds. The van der Waals surface area contributed by atoms with Crippen molar-refractivity contribution < 1.29 is 9.90 Å². The fraction of sp³-hybridized carbons (Fsp3) is 0.222. The lowest BCUT2D eigenvalue weighted by molar-refractivity contribution is -0.129. The second-order valence-electron chi connectivity index (χ2n) is 8.09. The number of benzene rings is 3. The highest BCUT2D eigenvalue weighted by Gasteiger charge is 2.40. The quantitative estimate of drug-likeness (QED) is 0.562. The van der Waals surface area contributed by atoms with Crippen LogP contribution < -0.4 is 0 Å². The van der Waals surface area contributed by atoms with Gasteiger partial charge in [0.2, 0.25) is 0 Å². The molecule has 0 fully saturated rings. The van der Waals surface area contributed by atoms with Gasteiger partial charge in [0.25, 0.3) is 5.91 Å². The highest BCUT2D eigenvalue weighted by Crippen LogP contribution is 2.43. The van der Waals surface area contributed by atoms with Crippen LogP contribution in [0.4, 0.5) is 0 Å². The smallest absolute Gasteiger partial charge is 0.289 e. The van der Waals surface area contributed by atoms with Crippen LogP contribution in [0.2, 0.25) is 0 Å². The van der Waals surface area contributed by atoms with Crippen molar-refractivity contribution in [1.29, 1.82) is 0 Å². The summed E-state index contributed by atoms with van der Waals surface area (Å²) in [5, 5.41) is 10.8. The molecule has 152 valence electrons. The van der Waals surface area contributed by atoms with Crippen LogP contribution in [-0.4, -0.2) is 22.5 Å². The number of amides is 1. The summed E-state index contributed by atoms with van der Waals surface area (Å²) in [6, 6.07) is 28.0. The maximum Gasteiger partial charge on any atom is 0.289 e. The molecule has 0 aromatic heterocycles. The summed E-state index contributed by atoms with van der Waals surface area (Å²) in [4.78, 5) is 14.9. The van der Waals surface area contributed by atoms with E-state index >= 15 is 0 Å². The largest absolute Gasteiger partial charge is 0.503 e. The van der Waals surface area contributed by atoms with E-state index in [9.17, 15) is 9.90 Å². The minimum atomic E-state index is -0.303. The van der Waals surface area contributed by atoms with Crippen LogP contribution in [0, 0.1) is 0 Å². The topological polar surface area (TPSA) is 40.5 Å². The van der Waals surface area contributed by atoms with Crippen LogP contribution in [-0.2, 0) is 11.2 Å². The molecule has 1 atom stereocenters. The maximum absolute atomic E-state index is 13.1. The van der Waals surface area contributed by atoms with E-state index in [0.29, 0.717) is 18.0 Å². The minimum absolute atomic E-state index is 0.146. The Bertz CT molecular complexity index is 1040. The molecule has 1 aliphatic heterocycles. The first-order chi connectivity index (χ1) is 14.6. The monoisotopic (exact) mass is 397 g/mol. The third-order valence-electron chi connectivity index (χ3n) is 5.79. The summed E-state index contributed by atoms with van der Waals surface area (Å²) in [6.45, 7) is 4.88. The fourth-order valence-electron chi connectivity index (χ4n) is 4.10. The Morgan fingerprint density at radius 1 is 0.867 bits per heavy atom. The Morgan fingerprint density at radius 3 is 2.07 bits per heavy atom. The van der Waals surface area contributed by atoms with Crippen molar-refractivity contribution in [3.63, 3.8) is 0 Å². The van der Waals surface area contributed by atoms with Gasteiger partial charge in [0.15, 0.2) is 5.76 Å². The van der Waals surface area contributed by atoms with Gasteiger partial charge in [-0.25, -0.2) is 0 Å². The molecule has 3 aromatic rings. The van der Waals surface area contributed by atoms with Crippen LogP contribution in [0.15, 0.2) is 90.7 Å². The molecule has 3 nitrogen and oxygen atoms in total. The molecular formula is C27H27NO2. The highest BCUT2D eigenvalue weighted by molar-refractivity contribution is 6.05. The van der Waals surface area contributed by atoms with Gasteiger partial charge in [0.1, 0.15) is 0 Å². The lowest BCUT2D eigenvalue weighted by Crippen LogP contribution is -2.32. The van der Waals surface area contributed by atoms with Crippen molar-refractivity contribution in [2.24, 2.45) is 0 Å². The average molecular weight is 398 g/mol. The van der Waals surface area contributed by atoms with Crippen molar-refractivity contribution in [2.45, 2.75) is 32.2 Å². The molecule has 4 rings (SSSR count). The molecule has 0 radical (unpaired) electrons. The molecule has 0 aliphatic carbocycles. The van der Waals surface area contributed by atoms with Crippen LogP contribution in [0.25, 0.3) is 5.57 Å². The van der Waals surface area contributed by atoms with Gasteiger partial charge in [0.05, 0.1) is 6.04 Å². The number of hydrogen-bond donors (Lipinski definition) is 1. The molecule has 1 heterocycles. The van der Waals surface area contributed by atoms with Crippen molar-refractivity contribution in [3.05, 3.63) is 113 Å². The van der Waals surface area contributed by atoms with Crippen LogP contribution in [0.3, 0.4) is 0 Å². The van der Waals surface area contributed by atoms with E-state index in [1.807, 2.05) is 48.5 Å². The Labute approximate surface area is 178 Å². The van der Waals surface area contributed by atoms with Crippen molar-refractivity contribution in [2.75, 3.05) is 6.54 Å². The molecule has 3 heteroatoms. The predicted octanol–water partition coefficient (Wildman–Crippen LogP) is 5.91. The van der Waals surface area contributed by atoms with Gasteiger partial charge >= 0.3 is 0 Å². The van der Waals surface area contributed by atoms with E-state index in [1.54, 1.807) is 4.90 Å². The second kappa shape index (κ2) is 8.58. The third-order valence-corrected chi connectivity index (χ3v) is 5.79. The second-order valence-corrected chi connectivity index (χ2v) is 8.09. The van der Waals surface area contributed by atoms with Crippen LogP contribution >= 0.6 is 0 Å². The van der Waals surface area contributed by atoms with Gasteiger partial charge in [-0.3, -0.25) is 4.79 Å². The first-order valence-electron chi connectivity index (χ1n) is 10.5. The molecule has 1 N–H and O–H groups in total. The zero-order chi connectivity index (χ0) is 21.1. The molecule has 0 unspecified atom stereocenters. The van der Waals surface area contributed by atoms with Gasteiger partial charge in [0, 0.05) is 12.1 Å². The van der Waals surface area contributed by atoms with Gasteiger partial charge in [-0.1, -0.05) is 98.8 Å². The molecule has 0 saturated carbocycles. The van der Waals surface area contributed by atoms with Crippen molar-refractivity contribution >= 4 is 11.5 Å². The summed E-state index contributed by atoms with van der Waals surface area (Å²) in [6.07, 6.45) is 0.739. The van der Waals surface area contributed by atoms with E-state index in [4.69, 9.17) is 0 Å². The molecular weight excluding hydrogens is 370 g/mol. The Morgan fingerprint density at radius 2 is 1.47 bits per heavy atom. The third kappa shape index (κ3) is 3.88. The molecule has 3 aromatic carbocycles. The number of carbonyl (C=O) groups excluding carboxylic acids is 1. The number of aliphatic hydroxyl groups excluding tert-OH is 1. The number of hydrogen-bond acceptors (Lipinski definition) is 2. The highest BCUT2D eigenvalue weighted by atomic mass is 16.3. The average Bonchev–Trinajstić information content (AvgIpc) is 3.04. The fourth-order valence-corrected chi connectivity index (χ4v) is 4.10. The summed E-state index contributed by atoms with van der Waals surface area (Å²) in [7, 11) is 0. The summed E-state index contributed by atoms with van der Waals surface area (Å²) < 4.78 is 0. The first-order valence-corrected chi connectivity index (χ1v) is 10.5. The normalized spacial score (nSPS) is 16.6. The predicted molar refractivity (Wildman–Crippen MR) is 121 cm³/mol. The number of nitrogens with zero attached hydrogens (tertiary/aromatic N) is 1.